The molecule has 0 radical (unpaired) electrons. The van der Waals surface area contributed by atoms with Crippen molar-refractivity contribution in [3.05, 3.63) is 51.3 Å². The molecular formula is C17H19ClN6OS. The van der Waals surface area contributed by atoms with Crippen LogP contribution in [0.3, 0.4) is 0 Å². The summed E-state index contributed by atoms with van der Waals surface area (Å²) in [4.78, 5) is 14.1. The number of aryl methyl sites for hydroxylation is 1. The molecule has 0 saturated carbocycles. The van der Waals surface area contributed by atoms with Gasteiger partial charge >= 0.3 is 0 Å². The largest absolute Gasteiger partial charge is 0.356 e. The van der Waals surface area contributed by atoms with Crippen LogP contribution in [0.15, 0.2) is 40.0 Å². The Morgan fingerprint density at radius 2 is 2.08 bits per heavy atom. The molecular weight excluding hydrogens is 372 g/mol. The lowest BCUT2D eigenvalue weighted by atomic mass is 10.2. The molecule has 26 heavy (non-hydrogen) atoms. The molecule has 0 amide bonds. The van der Waals surface area contributed by atoms with Crippen LogP contribution in [0.2, 0.25) is 5.02 Å². The Labute approximate surface area is 160 Å². The minimum absolute atomic E-state index is 0.386. The van der Waals surface area contributed by atoms with E-state index in [-0.39, 0.29) is 0 Å². The van der Waals surface area contributed by atoms with E-state index in [1.54, 1.807) is 30.5 Å². The molecule has 9 heteroatoms. The number of thiazole rings is 1. The van der Waals surface area contributed by atoms with Crippen LogP contribution >= 0.6 is 22.9 Å². The van der Waals surface area contributed by atoms with Crippen molar-refractivity contribution in [2.75, 3.05) is 13.6 Å². The highest BCUT2D eigenvalue weighted by atomic mass is 35.5. The van der Waals surface area contributed by atoms with Gasteiger partial charge in [0.2, 0.25) is 11.7 Å². The fourth-order valence-corrected chi connectivity index (χ4v) is 3.14. The zero-order chi connectivity index (χ0) is 18.4. The van der Waals surface area contributed by atoms with Crippen molar-refractivity contribution >= 4 is 28.9 Å². The first kappa shape index (κ1) is 18.3. The van der Waals surface area contributed by atoms with E-state index in [1.807, 2.05) is 18.3 Å². The molecule has 3 rings (SSSR count). The number of nitrogens with zero attached hydrogens (tertiary/aromatic N) is 4. The van der Waals surface area contributed by atoms with Crippen LogP contribution in [0.5, 0.6) is 0 Å². The van der Waals surface area contributed by atoms with Crippen LogP contribution in [0, 0.1) is 6.92 Å². The number of guanidine groups is 1. The second-order valence-electron chi connectivity index (χ2n) is 5.49. The summed E-state index contributed by atoms with van der Waals surface area (Å²) < 4.78 is 5.27. The molecule has 2 aromatic heterocycles. The summed E-state index contributed by atoms with van der Waals surface area (Å²) >= 11 is 7.59. The van der Waals surface area contributed by atoms with Crippen molar-refractivity contribution in [1.82, 2.24) is 25.8 Å². The fourth-order valence-electron chi connectivity index (χ4n) is 2.23. The Morgan fingerprint density at radius 1 is 1.27 bits per heavy atom. The summed E-state index contributed by atoms with van der Waals surface area (Å²) in [5.74, 6) is 1.68. The minimum atomic E-state index is 0.386. The highest BCUT2D eigenvalue weighted by Gasteiger charge is 2.09. The molecule has 7 nitrogen and oxygen atoms in total. The van der Waals surface area contributed by atoms with E-state index in [1.165, 1.54) is 4.88 Å². The third-order valence-electron chi connectivity index (χ3n) is 3.50. The predicted octanol–water partition coefficient (Wildman–Crippen LogP) is 3.06. The topological polar surface area (TPSA) is 88.2 Å². The van der Waals surface area contributed by atoms with E-state index in [4.69, 9.17) is 16.1 Å². The van der Waals surface area contributed by atoms with E-state index in [2.05, 4.69) is 37.7 Å². The van der Waals surface area contributed by atoms with Crippen LogP contribution in [0.25, 0.3) is 11.4 Å². The van der Waals surface area contributed by atoms with E-state index in [9.17, 15) is 0 Å². The lowest BCUT2D eigenvalue weighted by Crippen LogP contribution is -2.37. The first-order chi connectivity index (χ1) is 12.6. The third kappa shape index (κ3) is 5.03. The Balaban J connectivity index is 1.48. The highest BCUT2D eigenvalue weighted by Crippen LogP contribution is 2.18. The fraction of sp³-hybridized carbons (Fsp3) is 0.294. The van der Waals surface area contributed by atoms with Gasteiger partial charge in [-0.05, 0) is 31.2 Å². The molecule has 0 atom stereocenters. The smallest absolute Gasteiger partial charge is 0.246 e. The molecule has 3 aromatic rings. The zero-order valence-corrected chi connectivity index (χ0v) is 16.1. The van der Waals surface area contributed by atoms with Gasteiger partial charge in [0.05, 0.1) is 11.6 Å². The van der Waals surface area contributed by atoms with Gasteiger partial charge < -0.3 is 15.2 Å². The maximum atomic E-state index is 5.89. The van der Waals surface area contributed by atoms with Gasteiger partial charge in [-0.2, -0.15) is 4.98 Å². The maximum absolute atomic E-state index is 5.89. The van der Waals surface area contributed by atoms with Gasteiger partial charge in [0, 0.05) is 41.7 Å². The molecule has 0 aliphatic carbocycles. The summed E-state index contributed by atoms with van der Waals surface area (Å²) in [6.45, 7) is 3.18. The Bertz CT molecular complexity index is 874. The quantitative estimate of drug-likeness (QED) is 0.496. The van der Waals surface area contributed by atoms with Gasteiger partial charge in [-0.15, -0.1) is 11.3 Å². The number of aromatic nitrogens is 3. The molecule has 0 fully saturated rings. The molecule has 0 spiro atoms. The molecule has 0 bridgehead atoms. The van der Waals surface area contributed by atoms with Gasteiger partial charge in [0.1, 0.15) is 0 Å². The molecule has 0 unspecified atom stereocenters. The summed E-state index contributed by atoms with van der Waals surface area (Å²) in [5.41, 5.74) is 0.852. The number of rotatable bonds is 6. The average Bonchev–Trinajstić information content (AvgIpc) is 3.28. The summed E-state index contributed by atoms with van der Waals surface area (Å²) in [7, 11) is 1.72. The van der Waals surface area contributed by atoms with Gasteiger partial charge in [-0.3, -0.25) is 4.99 Å². The first-order valence-corrected chi connectivity index (χ1v) is 9.28. The van der Waals surface area contributed by atoms with Gasteiger partial charge in [-0.25, -0.2) is 4.98 Å². The van der Waals surface area contributed by atoms with Crippen molar-refractivity contribution in [2.45, 2.75) is 19.9 Å². The lowest BCUT2D eigenvalue weighted by molar-refractivity contribution is 0.375. The van der Waals surface area contributed by atoms with Crippen LogP contribution in [0.4, 0.5) is 0 Å². The second-order valence-corrected chi connectivity index (χ2v) is 7.24. The van der Waals surface area contributed by atoms with Crippen LogP contribution < -0.4 is 10.6 Å². The Hall–Kier alpha value is -2.45. The van der Waals surface area contributed by atoms with Gasteiger partial charge in [0.15, 0.2) is 5.96 Å². The number of halogens is 1. The number of benzene rings is 1. The van der Waals surface area contributed by atoms with Crippen LogP contribution in [0.1, 0.15) is 15.8 Å². The average molecular weight is 391 g/mol. The maximum Gasteiger partial charge on any atom is 0.246 e. The normalized spacial score (nSPS) is 11.6. The van der Waals surface area contributed by atoms with Crippen molar-refractivity contribution in [3.8, 4) is 11.4 Å². The van der Waals surface area contributed by atoms with Gasteiger partial charge in [-0.1, -0.05) is 16.8 Å². The molecule has 0 saturated heterocycles. The Morgan fingerprint density at radius 3 is 2.77 bits per heavy atom. The van der Waals surface area contributed by atoms with E-state index in [0.717, 1.165) is 23.5 Å². The van der Waals surface area contributed by atoms with Crippen LogP contribution in [-0.4, -0.2) is 34.7 Å². The Kier molecular flexibility index (Phi) is 6.19. The number of hydrogen-bond acceptors (Lipinski definition) is 6. The summed E-state index contributed by atoms with van der Waals surface area (Å²) in [6.07, 6.45) is 2.74. The lowest BCUT2D eigenvalue weighted by Gasteiger charge is -2.09. The number of nitrogens with one attached hydrogen (secondary N) is 2. The molecule has 2 N–H and O–H groups in total. The van der Waals surface area contributed by atoms with Gasteiger partial charge in [0.25, 0.3) is 0 Å². The van der Waals surface area contributed by atoms with E-state index >= 15 is 0 Å². The zero-order valence-electron chi connectivity index (χ0n) is 14.5. The van der Waals surface area contributed by atoms with Crippen molar-refractivity contribution in [3.63, 3.8) is 0 Å². The standard InChI is InChI=1S/C17H19ClN6OS/c1-11-9-21-15(26-11)7-8-20-17(19-2)22-10-14-23-16(24-25-14)12-3-5-13(18)6-4-12/h3-6,9H,7-8,10H2,1-2H3,(H2,19,20,22). The van der Waals surface area contributed by atoms with Crippen molar-refractivity contribution < 1.29 is 4.52 Å². The third-order valence-corrected chi connectivity index (χ3v) is 4.73. The monoisotopic (exact) mass is 390 g/mol. The van der Waals surface area contributed by atoms with E-state index < -0.39 is 0 Å². The minimum Gasteiger partial charge on any atom is -0.356 e. The second kappa shape index (κ2) is 8.77. The van der Waals surface area contributed by atoms with Crippen molar-refractivity contribution in [2.24, 2.45) is 4.99 Å². The summed E-state index contributed by atoms with van der Waals surface area (Å²) in [6, 6.07) is 7.29. The molecule has 0 aliphatic rings. The van der Waals surface area contributed by atoms with Crippen molar-refractivity contribution in [1.29, 1.82) is 0 Å². The summed E-state index contributed by atoms with van der Waals surface area (Å²) in [5, 5.41) is 12.2. The highest BCUT2D eigenvalue weighted by molar-refractivity contribution is 7.11. The SMILES string of the molecule is CN=C(NCCc1ncc(C)s1)NCc1nc(-c2ccc(Cl)cc2)no1. The molecule has 2 heterocycles. The number of hydrogen-bond donors (Lipinski definition) is 2. The first-order valence-electron chi connectivity index (χ1n) is 8.08. The molecule has 1 aromatic carbocycles. The number of aliphatic imine (C=N–C) groups is 1. The molecule has 0 aliphatic heterocycles. The molecule has 136 valence electrons. The predicted molar refractivity (Wildman–Crippen MR) is 104 cm³/mol. The van der Waals surface area contributed by atoms with E-state index in [0.29, 0.717) is 29.2 Å². The van der Waals surface area contributed by atoms with Crippen LogP contribution in [-0.2, 0) is 13.0 Å².